The number of nitrogens with zero attached hydrogens (tertiary/aromatic N) is 3. The lowest BCUT2D eigenvalue weighted by Crippen LogP contribution is -2.41. The number of ether oxygens (including phenoxy) is 1. The SMILES string of the molecule is Cc1cccc(Cn2cc(/C=C(/C#N)C(=O)N3CCOCC3)c3ccccc32)c1. The van der Waals surface area contributed by atoms with E-state index >= 15 is 0 Å². The Balaban J connectivity index is 1.70. The molecule has 29 heavy (non-hydrogen) atoms. The van der Waals surface area contributed by atoms with Gasteiger partial charge in [0.15, 0.2) is 0 Å². The number of para-hydroxylation sites is 1. The van der Waals surface area contributed by atoms with Crippen LogP contribution in [-0.2, 0) is 16.1 Å². The van der Waals surface area contributed by atoms with Crippen LogP contribution in [0.1, 0.15) is 16.7 Å². The second-order valence-corrected chi connectivity index (χ2v) is 7.29. The number of aromatic nitrogens is 1. The van der Waals surface area contributed by atoms with E-state index in [0.717, 1.165) is 23.0 Å². The van der Waals surface area contributed by atoms with Gasteiger partial charge in [0, 0.05) is 42.3 Å². The van der Waals surface area contributed by atoms with Gasteiger partial charge in [-0.15, -0.1) is 0 Å². The first-order chi connectivity index (χ1) is 14.2. The van der Waals surface area contributed by atoms with E-state index in [-0.39, 0.29) is 11.5 Å². The van der Waals surface area contributed by atoms with Crippen LogP contribution in [0.3, 0.4) is 0 Å². The molecule has 5 heteroatoms. The normalized spacial score (nSPS) is 14.8. The largest absolute Gasteiger partial charge is 0.378 e. The smallest absolute Gasteiger partial charge is 0.264 e. The molecular formula is C24H23N3O2. The zero-order chi connectivity index (χ0) is 20.2. The molecule has 0 bridgehead atoms. The maximum atomic E-state index is 12.8. The fourth-order valence-corrected chi connectivity index (χ4v) is 3.76. The zero-order valence-electron chi connectivity index (χ0n) is 16.5. The van der Waals surface area contributed by atoms with E-state index in [1.54, 1.807) is 11.0 Å². The highest BCUT2D eigenvalue weighted by atomic mass is 16.5. The van der Waals surface area contributed by atoms with Gasteiger partial charge in [0.25, 0.3) is 5.91 Å². The Kier molecular flexibility index (Phi) is 5.46. The number of nitriles is 1. The summed E-state index contributed by atoms with van der Waals surface area (Å²) < 4.78 is 7.48. The van der Waals surface area contributed by atoms with Crippen LogP contribution >= 0.6 is 0 Å². The molecule has 0 aliphatic carbocycles. The van der Waals surface area contributed by atoms with Gasteiger partial charge in [-0.2, -0.15) is 5.26 Å². The number of hydrogen-bond acceptors (Lipinski definition) is 3. The lowest BCUT2D eigenvalue weighted by molar-refractivity contribution is -0.130. The highest BCUT2D eigenvalue weighted by Gasteiger charge is 2.21. The summed E-state index contributed by atoms with van der Waals surface area (Å²) in [4.78, 5) is 14.5. The quantitative estimate of drug-likeness (QED) is 0.507. The van der Waals surface area contributed by atoms with Crippen molar-refractivity contribution in [3.8, 4) is 6.07 Å². The highest BCUT2D eigenvalue weighted by molar-refractivity contribution is 6.04. The summed E-state index contributed by atoms with van der Waals surface area (Å²) in [6.07, 6.45) is 3.74. The molecule has 146 valence electrons. The summed E-state index contributed by atoms with van der Waals surface area (Å²) in [7, 11) is 0. The molecule has 0 unspecified atom stereocenters. The number of rotatable bonds is 4. The van der Waals surface area contributed by atoms with Gasteiger partial charge in [-0.3, -0.25) is 4.79 Å². The van der Waals surface area contributed by atoms with E-state index in [0.29, 0.717) is 26.3 Å². The lowest BCUT2D eigenvalue weighted by Gasteiger charge is -2.26. The van der Waals surface area contributed by atoms with E-state index in [2.05, 4.69) is 47.9 Å². The molecule has 1 saturated heterocycles. The van der Waals surface area contributed by atoms with E-state index in [1.165, 1.54) is 11.1 Å². The number of fused-ring (bicyclic) bond motifs is 1. The van der Waals surface area contributed by atoms with Gasteiger partial charge >= 0.3 is 0 Å². The van der Waals surface area contributed by atoms with Crippen molar-refractivity contribution in [3.05, 3.63) is 77.0 Å². The van der Waals surface area contributed by atoms with Crippen molar-refractivity contribution in [2.24, 2.45) is 0 Å². The van der Waals surface area contributed by atoms with E-state index in [1.807, 2.05) is 24.4 Å². The summed E-state index contributed by atoms with van der Waals surface area (Å²) in [6, 6.07) is 18.6. The molecule has 3 aromatic rings. The van der Waals surface area contributed by atoms with Crippen LogP contribution in [0.15, 0.2) is 60.3 Å². The predicted octanol–water partition coefficient (Wildman–Crippen LogP) is 3.76. The van der Waals surface area contributed by atoms with Gasteiger partial charge in [-0.1, -0.05) is 48.0 Å². The molecule has 0 spiro atoms. The van der Waals surface area contributed by atoms with Crippen molar-refractivity contribution < 1.29 is 9.53 Å². The Labute approximate surface area is 170 Å². The van der Waals surface area contributed by atoms with Crippen molar-refractivity contribution in [3.63, 3.8) is 0 Å². The Morgan fingerprint density at radius 2 is 1.97 bits per heavy atom. The van der Waals surface area contributed by atoms with Gasteiger partial charge in [0.2, 0.25) is 0 Å². The minimum absolute atomic E-state index is 0.158. The minimum atomic E-state index is -0.230. The summed E-state index contributed by atoms with van der Waals surface area (Å²) in [5.41, 5.74) is 4.56. The molecule has 4 rings (SSSR count). The second kappa shape index (κ2) is 8.34. The van der Waals surface area contributed by atoms with Gasteiger partial charge in [0.05, 0.1) is 13.2 Å². The molecule has 2 heterocycles. The zero-order valence-corrected chi connectivity index (χ0v) is 16.5. The molecule has 0 N–H and O–H groups in total. The number of aryl methyl sites for hydroxylation is 1. The maximum absolute atomic E-state index is 12.8. The van der Waals surface area contributed by atoms with Crippen molar-refractivity contribution in [1.82, 2.24) is 9.47 Å². The first-order valence-corrected chi connectivity index (χ1v) is 9.78. The van der Waals surface area contributed by atoms with Gasteiger partial charge < -0.3 is 14.2 Å². The molecule has 1 aliphatic rings. The van der Waals surface area contributed by atoms with Crippen molar-refractivity contribution in [2.45, 2.75) is 13.5 Å². The first-order valence-electron chi connectivity index (χ1n) is 9.78. The lowest BCUT2D eigenvalue weighted by atomic mass is 10.1. The molecule has 5 nitrogen and oxygen atoms in total. The maximum Gasteiger partial charge on any atom is 0.264 e. The average Bonchev–Trinajstić information content (AvgIpc) is 3.09. The Morgan fingerprint density at radius 1 is 1.17 bits per heavy atom. The highest BCUT2D eigenvalue weighted by Crippen LogP contribution is 2.25. The molecule has 1 fully saturated rings. The third kappa shape index (κ3) is 4.08. The number of amides is 1. The van der Waals surface area contributed by atoms with Gasteiger partial charge in [0.1, 0.15) is 11.6 Å². The Bertz CT molecular complexity index is 1110. The van der Waals surface area contributed by atoms with Crippen LogP contribution < -0.4 is 0 Å². The molecule has 1 amide bonds. The predicted molar refractivity (Wildman–Crippen MR) is 113 cm³/mol. The fraction of sp³-hybridized carbons (Fsp3) is 0.250. The summed E-state index contributed by atoms with van der Waals surface area (Å²) in [5.74, 6) is -0.230. The average molecular weight is 385 g/mol. The topological polar surface area (TPSA) is 58.3 Å². The van der Waals surface area contributed by atoms with Crippen LogP contribution in [0.4, 0.5) is 0 Å². The monoisotopic (exact) mass is 385 g/mol. The fourth-order valence-electron chi connectivity index (χ4n) is 3.76. The van der Waals surface area contributed by atoms with Crippen molar-refractivity contribution >= 4 is 22.9 Å². The Morgan fingerprint density at radius 3 is 2.72 bits per heavy atom. The third-order valence-electron chi connectivity index (χ3n) is 5.20. The first kappa shape index (κ1) is 19.0. The number of benzene rings is 2. The van der Waals surface area contributed by atoms with Crippen LogP contribution in [0, 0.1) is 18.3 Å². The molecule has 2 aromatic carbocycles. The second-order valence-electron chi connectivity index (χ2n) is 7.29. The van der Waals surface area contributed by atoms with Crippen molar-refractivity contribution in [2.75, 3.05) is 26.3 Å². The Hall–Kier alpha value is -3.36. The van der Waals surface area contributed by atoms with Crippen LogP contribution in [0.5, 0.6) is 0 Å². The summed E-state index contributed by atoms with van der Waals surface area (Å²) in [5, 5.41) is 10.7. The van der Waals surface area contributed by atoms with E-state index in [9.17, 15) is 10.1 Å². The summed E-state index contributed by atoms with van der Waals surface area (Å²) in [6.45, 7) is 4.89. The molecule has 0 saturated carbocycles. The molecule has 0 radical (unpaired) electrons. The molecular weight excluding hydrogens is 362 g/mol. The molecule has 0 atom stereocenters. The van der Waals surface area contributed by atoms with Crippen LogP contribution in [0.25, 0.3) is 17.0 Å². The standard InChI is InChI=1S/C24H23N3O2/c1-18-5-4-6-19(13-18)16-27-17-21(22-7-2-3-8-23(22)27)14-20(15-25)24(28)26-9-11-29-12-10-26/h2-8,13-14,17H,9-12,16H2,1H3/b20-14-. The van der Waals surface area contributed by atoms with Gasteiger partial charge in [-0.25, -0.2) is 0 Å². The summed E-state index contributed by atoms with van der Waals surface area (Å²) >= 11 is 0. The molecule has 1 aliphatic heterocycles. The molecule has 1 aromatic heterocycles. The minimum Gasteiger partial charge on any atom is -0.378 e. The van der Waals surface area contributed by atoms with Crippen molar-refractivity contribution in [1.29, 1.82) is 5.26 Å². The number of carbonyl (C=O) groups excluding carboxylic acids is 1. The van der Waals surface area contributed by atoms with Crippen LogP contribution in [-0.4, -0.2) is 41.7 Å². The number of morpholine rings is 1. The van der Waals surface area contributed by atoms with E-state index < -0.39 is 0 Å². The third-order valence-corrected chi connectivity index (χ3v) is 5.20. The van der Waals surface area contributed by atoms with Crippen LogP contribution in [0.2, 0.25) is 0 Å². The number of carbonyl (C=O) groups is 1. The van der Waals surface area contributed by atoms with Gasteiger partial charge in [-0.05, 0) is 24.6 Å². The van der Waals surface area contributed by atoms with E-state index in [4.69, 9.17) is 4.74 Å². The number of hydrogen-bond donors (Lipinski definition) is 0.